The van der Waals surface area contributed by atoms with Crippen molar-refractivity contribution in [3.8, 4) is 23.0 Å². The minimum absolute atomic E-state index is 0.285. The van der Waals surface area contributed by atoms with Crippen molar-refractivity contribution in [3.05, 3.63) is 117 Å². The topological polar surface area (TPSA) is 105 Å². The number of carbonyl (C=O) groups excluding carboxylic acids is 4. The first-order chi connectivity index (χ1) is 23.1. The third-order valence-electron chi connectivity index (χ3n) is 7.56. The molecule has 4 aromatic rings. The third kappa shape index (κ3) is 9.08. The van der Waals surface area contributed by atoms with Crippen molar-refractivity contribution in [2.24, 2.45) is 0 Å². The molecule has 0 fully saturated rings. The Morgan fingerprint density at radius 3 is 0.688 bits per heavy atom. The Morgan fingerprint density at radius 2 is 0.542 bits per heavy atom. The predicted octanol–water partition coefficient (Wildman–Crippen LogP) is 6.94. The van der Waals surface area contributed by atoms with Crippen LogP contribution in [0.4, 0.5) is 0 Å². The van der Waals surface area contributed by atoms with Gasteiger partial charge in [0.2, 0.25) is 0 Å². The maximum Gasteiger partial charge on any atom is 0.259 e. The van der Waals surface area contributed by atoms with Gasteiger partial charge in [0.05, 0.1) is 0 Å². The van der Waals surface area contributed by atoms with Crippen LogP contribution < -0.4 is 18.9 Å². The van der Waals surface area contributed by atoms with Crippen LogP contribution in [-0.2, 0) is 44.9 Å². The predicted molar refractivity (Wildman–Crippen MR) is 182 cm³/mol. The number of halogens is 4. The molecule has 48 heavy (non-hydrogen) atoms. The Balaban J connectivity index is 1.76. The summed E-state index contributed by atoms with van der Waals surface area (Å²) < 4.78 is 24.1. The zero-order valence-corrected chi connectivity index (χ0v) is 28.4. The highest BCUT2D eigenvalue weighted by Gasteiger charge is 2.22. The molecule has 0 spiro atoms. The van der Waals surface area contributed by atoms with Crippen LogP contribution in [0.3, 0.4) is 0 Å². The minimum Gasteiger partial charge on any atom is -0.484 e. The first-order valence-corrected chi connectivity index (χ1v) is 16.3. The number of ether oxygens (including phenoxy) is 4. The summed E-state index contributed by atoms with van der Waals surface area (Å²) in [6.45, 7) is -1.49. The summed E-state index contributed by atoms with van der Waals surface area (Å²) in [7, 11) is 0. The largest absolute Gasteiger partial charge is 0.484 e. The number of carbonyl (C=O) groups is 4. The summed E-state index contributed by atoms with van der Waals surface area (Å²) in [5.41, 5.74) is 5.76. The van der Waals surface area contributed by atoms with Crippen LogP contribution in [0.1, 0.15) is 44.5 Å². The van der Waals surface area contributed by atoms with Crippen LogP contribution >= 0.6 is 46.4 Å². The molecule has 8 bridgehead atoms. The second-order valence-electron chi connectivity index (χ2n) is 10.9. The zero-order valence-electron chi connectivity index (χ0n) is 25.4. The summed E-state index contributed by atoms with van der Waals surface area (Å²) in [6, 6.07) is 22.4. The molecule has 1 aliphatic carbocycles. The van der Waals surface area contributed by atoms with Gasteiger partial charge >= 0.3 is 0 Å². The molecule has 0 aliphatic heterocycles. The molecule has 0 aromatic heterocycles. The Bertz CT molecular complexity index is 1520. The Hall–Kier alpha value is -4.08. The number of benzene rings is 4. The van der Waals surface area contributed by atoms with E-state index in [4.69, 9.17) is 65.4 Å². The van der Waals surface area contributed by atoms with E-state index in [1.54, 1.807) is 0 Å². The van der Waals surface area contributed by atoms with Crippen LogP contribution in [0.5, 0.6) is 23.0 Å². The van der Waals surface area contributed by atoms with E-state index in [0.29, 0.717) is 23.0 Å². The molecule has 4 aromatic carbocycles. The van der Waals surface area contributed by atoms with Gasteiger partial charge in [-0.05, 0) is 90.9 Å². The minimum atomic E-state index is -0.675. The first kappa shape index (κ1) is 35.2. The van der Waals surface area contributed by atoms with Gasteiger partial charge in [-0.1, -0.05) is 72.8 Å². The highest BCUT2D eigenvalue weighted by molar-refractivity contribution is 6.64. The van der Waals surface area contributed by atoms with Gasteiger partial charge in [0, 0.05) is 25.7 Å². The molecule has 0 N–H and O–H groups in total. The fraction of sp³-hybridized carbons (Fsp3) is 0.222. The van der Waals surface area contributed by atoms with E-state index in [1.807, 2.05) is 72.8 Å². The molecular weight excluding hydrogens is 702 g/mol. The highest BCUT2D eigenvalue weighted by atomic mass is 35.5. The quantitative estimate of drug-likeness (QED) is 0.127. The number of fused-ring (bicyclic) bond motifs is 8. The van der Waals surface area contributed by atoms with Gasteiger partial charge in [0.1, 0.15) is 23.0 Å². The molecule has 0 atom stereocenters. The fourth-order valence-corrected chi connectivity index (χ4v) is 5.96. The van der Waals surface area contributed by atoms with Crippen LogP contribution in [0.15, 0.2) is 72.8 Å². The van der Waals surface area contributed by atoms with Crippen molar-refractivity contribution in [2.45, 2.75) is 25.7 Å². The van der Waals surface area contributed by atoms with Gasteiger partial charge in [0.15, 0.2) is 26.4 Å². The monoisotopic (exact) mass is 728 g/mol. The van der Waals surface area contributed by atoms with Crippen molar-refractivity contribution in [2.75, 3.05) is 26.4 Å². The average Bonchev–Trinajstić information content (AvgIpc) is 3.02. The van der Waals surface area contributed by atoms with Gasteiger partial charge in [-0.2, -0.15) is 0 Å². The molecule has 1 aliphatic rings. The Morgan fingerprint density at radius 1 is 0.375 bits per heavy atom. The maximum absolute atomic E-state index is 11.8. The summed E-state index contributed by atoms with van der Waals surface area (Å²) in [4.78, 5) is 47.3. The van der Waals surface area contributed by atoms with Crippen molar-refractivity contribution in [1.82, 2.24) is 0 Å². The second kappa shape index (κ2) is 16.3. The molecule has 12 heteroatoms. The van der Waals surface area contributed by atoms with E-state index in [2.05, 4.69) is 0 Å². The fourth-order valence-electron chi connectivity index (χ4n) is 5.74. The van der Waals surface area contributed by atoms with Crippen LogP contribution in [0.2, 0.25) is 0 Å². The van der Waals surface area contributed by atoms with E-state index in [0.717, 1.165) is 44.5 Å². The van der Waals surface area contributed by atoms with Crippen LogP contribution in [0, 0.1) is 0 Å². The van der Waals surface area contributed by atoms with Crippen molar-refractivity contribution in [3.63, 3.8) is 0 Å². The average molecular weight is 730 g/mol. The van der Waals surface area contributed by atoms with E-state index in [9.17, 15) is 19.2 Å². The zero-order chi connectivity index (χ0) is 34.2. The molecule has 0 saturated heterocycles. The normalized spacial score (nSPS) is 12.1. The van der Waals surface area contributed by atoms with Crippen LogP contribution in [-0.4, -0.2) is 47.4 Å². The van der Waals surface area contributed by atoms with Crippen molar-refractivity contribution in [1.29, 1.82) is 0 Å². The van der Waals surface area contributed by atoms with Gasteiger partial charge < -0.3 is 18.9 Å². The van der Waals surface area contributed by atoms with Gasteiger partial charge in [0.25, 0.3) is 21.0 Å². The van der Waals surface area contributed by atoms with Gasteiger partial charge in [-0.3, -0.25) is 19.2 Å². The lowest BCUT2D eigenvalue weighted by atomic mass is 9.91. The van der Waals surface area contributed by atoms with E-state index < -0.39 is 21.0 Å². The summed E-state index contributed by atoms with van der Waals surface area (Å²) in [5, 5.41) is -2.70. The maximum atomic E-state index is 11.8. The van der Waals surface area contributed by atoms with E-state index in [1.165, 1.54) is 0 Å². The first-order valence-electron chi connectivity index (χ1n) is 14.8. The molecule has 0 heterocycles. The Kier molecular flexibility index (Phi) is 12.0. The van der Waals surface area contributed by atoms with Crippen molar-refractivity contribution >= 4 is 67.4 Å². The summed E-state index contributed by atoms with van der Waals surface area (Å²) >= 11 is 22.8. The number of rotatable bonds is 12. The van der Waals surface area contributed by atoms with Gasteiger partial charge in [-0.15, -0.1) is 0 Å². The molecule has 0 saturated carbocycles. The lowest BCUT2D eigenvalue weighted by Gasteiger charge is -2.22. The molecule has 8 nitrogen and oxygen atoms in total. The molecule has 0 radical (unpaired) electrons. The molecule has 5 rings (SSSR count). The molecule has 248 valence electrons. The summed E-state index contributed by atoms with van der Waals surface area (Å²) in [5.74, 6) is 1.78. The van der Waals surface area contributed by atoms with Crippen LogP contribution in [0.25, 0.3) is 0 Å². The lowest BCUT2D eigenvalue weighted by molar-refractivity contribution is -0.114. The van der Waals surface area contributed by atoms with Crippen molar-refractivity contribution < 1.29 is 38.1 Å². The molecule has 0 unspecified atom stereocenters. The van der Waals surface area contributed by atoms with E-state index >= 15 is 0 Å². The molecular formula is C36H28Cl4O8. The number of para-hydroxylation sites is 4. The standard InChI is InChI=1S/C36H28Cl4O8/c37-29(41)17-45-33-21-5-1-6-22(33)14-24-8-3-10-26(35(24)47-19-31(39)43)16-28-12-4-11-27(36(28)48-20-32(40)44)15-25-9-2-7-23(13-21)34(25)46-18-30(38)42/h1-12H,13-20H2. The summed E-state index contributed by atoms with van der Waals surface area (Å²) in [6.07, 6.45) is 1.14. The van der Waals surface area contributed by atoms with Gasteiger partial charge in [-0.25, -0.2) is 0 Å². The smallest absolute Gasteiger partial charge is 0.259 e. The van der Waals surface area contributed by atoms with E-state index in [-0.39, 0.29) is 52.1 Å². The number of hydrogen-bond donors (Lipinski definition) is 0. The number of hydrogen-bond acceptors (Lipinski definition) is 8. The Labute approximate surface area is 296 Å². The third-order valence-corrected chi connectivity index (χ3v) is 7.99. The highest BCUT2D eigenvalue weighted by Crippen LogP contribution is 2.39. The molecule has 0 amide bonds. The SMILES string of the molecule is O=C(Cl)COc1c2cccc1Cc1cccc(c1OCC(=O)Cl)Cc1cccc(c1OCC(=O)Cl)Cc1cccc(c1OCC(=O)Cl)C2. The second-order valence-corrected chi connectivity index (χ2v) is 12.6. The lowest BCUT2D eigenvalue weighted by Crippen LogP contribution is -2.13.